The third kappa shape index (κ3) is 2.10. The van der Waals surface area contributed by atoms with Crippen LogP contribution in [0.1, 0.15) is 18.0 Å². The molecule has 1 saturated heterocycles. The SMILES string of the molecule is O[C@H]1CN[C@@H](c2cccc(Br)c2)C1. The van der Waals surface area contributed by atoms with Crippen LogP contribution in [-0.2, 0) is 0 Å². The van der Waals surface area contributed by atoms with Crippen molar-refractivity contribution in [1.29, 1.82) is 0 Å². The minimum Gasteiger partial charge on any atom is -0.392 e. The fourth-order valence-corrected chi connectivity index (χ4v) is 2.11. The maximum atomic E-state index is 9.36. The molecular weight excluding hydrogens is 230 g/mol. The minimum absolute atomic E-state index is 0.191. The monoisotopic (exact) mass is 241 g/mol. The highest BCUT2D eigenvalue weighted by molar-refractivity contribution is 9.10. The van der Waals surface area contributed by atoms with Gasteiger partial charge in [0.25, 0.3) is 0 Å². The minimum atomic E-state index is -0.191. The lowest BCUT2D eigenvalue weighted by molar-refractivity contribution is 0.193. The number of benzene rings is 1. The number of aliphatic hydroxyl groups is 1. The molecule has 0 saturated carbocycles. The van der Waals surface area contributed by atoms with Crippen LogP contribution in [0.15, 0.2) is 28.7 Å². The average molecular weight is 242 g/mol. The van der Waals surface area contributed by atoms with E-state index in [2.05, 4.69) is 33.4 Å². The second-order valence-electron chi connectivity index (χ2n) is 3.41. The third-order valence-corrected chi connectivity index (χ3v) is 2.85. The van der Waals surface area contributed by atoms with Crippen molar-refractivity contribution in [2.45, 2.75) is 18.6 Å². The molecule has 0 bridgehead atoms. The van der Waals surface area contributed by atoms with Crippen molar-refractivity contribution in [3.63, 3.8) is 0 Å². The fourth-order valence-electron chi connectivity index (χ4n) is 1.69. The lowest BCUT2D eigenvalue weighted by atomic mass is 10.1. The van der Waals surface area contributed by atoms with Gasteiger partial charge in [0.2, 0.25) is 0 Å². The van der Waals surface area contributed by atoms with Gasteiger partial charge in [-0.2, -0.15) is 0 Å². The highest BCUT2D eigenvalue weighted by Gasteiger charge is 2.22. The summed E-state index contributed by atoms with van der Waals surface area (Å²) in [6.07, 6.45) is 0.625. The Balaban J connectivity index is 2.16. The summed E-state index contributed by atoms with van der Waals surface area (Å²) in [6, 6.07) is 8.52. The number of hydrogen-bond donors (Lipinski definition) is 2. The summed E-state index contributed by atoms with van der Waals surface area (Å²) in [5.74, 6) is 0. The molecule has 0 aromatic heterocycles. The molecule has 2 N–H and O–H groups in total. The fraction of sp³-hybridized carbons (Fsp3) is 0.400. The van der Waals surface area contributed by atoms with Crippen LogP contribution in [0.5, 0.6) is 0 Å². The highest BCUT2D eigenvalue weighted by Crippen LogP contribution is 2.25. The van der Waals surface area contributed by atoms with Crippen LogP contribution in [0.25, 0.3) is 0 Å². The van der Waals surface area contributed by atoms with E-state index in [0.717, 1.165) is 10.9 Å². The van der Waals surface area contributed by atoms with E-state index in [4.69, 9.17) is 0 Å². The smallest absolute Gasteiger partial charge is 0.0682 e. The first-order valence-corrected chi connectivity index (χ1v) is 5.22. The molecule has 1 aliphatic heterocycles. The molecule has 13 heavy (non-hydrogen) atoms. The van der Waals surface area contributed by atoms with Gasteiger partial charge in [-0.25, -0.2) is 0 Å². The van der Waals surface area contributed by atoms with Gasteiger partial charge in [0, 0.05) is 17.1 Å². The molecule has 70 valence electrons. The molecule has 0 spiro atoms. The maximum Gasteiger partial charge on any atom is 0.0682 e. The Morgan fingerprint density at radius 3 is 2.92 bits per heavy atom. The van der Waals surface area contributed by atoms with E-state index in [1.165, 1.54) is 5.56 Å². The number of β-amino-alcohol motifs (C(OH)–C–C–N with tert-alkyl or cyclic N) is 1. The van der Waals surface area contributed by atoms with Crippen LogP contribution >= 0.6 is 15.9 Å². The molecule has 2 atom stereocenters. The third-order valence-electron chi connectivity index (χ3n) is 2.36. The summed E-state index contributed by atoms with van der Waals surface area (Å²) in [5, 5.41) is 12.6. The second-order valence-corrected chi connectivity index (χ2v) is 4.32. The molecular formula is C10H12BrNO. The Bertz CT molecular complexity index is 303. The number of hydrogen-bond acceptors (Lipinski definition) is 2. The molecule has 1 heterocycles. The Kier molecular flexibility index (Phi) is 2.67. The Morgan fingerprint density at radius 1 is 1.46 bits per heavy atom. The molecule has 1 fully saturated rings. The van der Waals surface area contributed by atoms with Crippen molar-refractivity contribution in [2.75, 3.05) is 6.54 Å². The van der Waals surface area contributed by atoms with Crippen LogP contribution < -0.4 is 5.32 Å². The predicted octanol–water partition coefficient (Wildman–Crippen LogP) is 1.84. The van der Waals surface area contributed by atoms with Crippen molar-refractivity contribution in [3.05, 3.63) is 34.3 Å². The quantitative estimate of drug-likeness (QED) is 0.787. The molecule has 0 amide bonds. The second kappa shape index (κ2) is 3.78. The summed E-state index contributed by atoms with van der Waals surface area (Å²) in [4.78, 5) is 0. The van der Waals surface area contributed by atoms with Gasteiger partial charge in [-0.15, -0.1) is 0 Å². The highest BCUT2D eigenvalue weighted by atomic mass is 79.9. The van der Waals surface area contributed by atoms with Gasteiger partial charge in [-0.3, -0.25) is 0 Å². The molecule has 0 radical (unpaired) electrons. The van der Waals surface area contributed by atoms with E-state index in [0.29, 0.717) is 12.6 Å². The molecule has 0 unspecified atom stereocenters. The summed E-state index contributed by atoms with van der Waals surface area (Å²) in [5.41, 5.74) is 1.24. The topological polar surface area (TPSA) is 32.3 Å². The molecule has 1 aliphatic rings. The van der Waals surface area contributed by atoms with E-state index in [9.17, 15) is 5.11 Å². The van der Waals surface area contributed by atoms with Crippen molar-refractivity contribution < 1.29 is 5.11 Å². The van der Waals surface area contributed by atoms with Gasteiger partial charge >= 0.3 is 0 Å². The number of rotatable bonds is 1. The first-order valence-electron chi connectivity index (χ1n) is 4.42. The first-order chi connectivity index (χ1) is 6.25. The van der Waals surface area contributed by atoms with Gasteiger partial charge in [-0.1, -0.05) is 28.1 Å². The predicted molar refractivity (Wildman–Crippen MR) is 55.5 cm³/mol. The van der Waals surface area contributed by atoms with E-state index < -0.39 is 0 Å². The van der Waals surface area contributed by atoms with Crippen molar-refractivity contribution in [2.24, 2.45) is 0 Å². The zero-order valence-corrected chi connectivity index (χ0v) is 8.79. The zero-order chi connectivity index (χ0) is 9.26. The summed E-state index contributed by atoms with van der Waals surface area (Å²) in [7, 11) is 0. The molecule has 0 aliphatic carbocycles. The van der Waals surface area contributed by atoms with Crippen molar-refractivity contribution >= 4 is 15.9 Å². The van der Waals surface area contributed by atoms with Crippen LogP contribution in [0, 0.1) is 0 Å². The van der Waals surface area contributed by atoms with Crippen LogP contribution in [-0.4, -0.2) is 17.8 Å². The van der Waals surface area contributed by atoms with Gasteiger partial charge in [0.15, 0.2) is 0 Å². The molecule has 1 aromatic carbocycles. The van der Waals surface area contributed by atoms with Gasteiger partial charge in [0.05, 0.1) is 6.10 Å². The van der Waals surface area contributed by atoms with E-state index in [-0.39, 0.29) is 6.10 Å². The summed E-state index contributed by atoms with van der Waals surface area (Å²) in [6.45, 7) is 0.706. The molecule has 3 heteroatoms. The molecule has 1 aromatic rings. The number of nitrogens with one attached hydrogen (secondary N) is 1. The molecule has 2 nitrogen and oxygen atoms in total. The normalized spacial score (nSPS) is 27.8. The molecule has 2 rings (SSSR count). The maximum absolute atomic E-state index is 9.36. The zero-order valence-electron chi connectivity index (χ0n) is 7.20. The van der Waals surface area contributed by atoms with Crippen molar-refractivity contribution in [3.8, 4) is 0 Å². The lowest BCUT2D eigenvalue weighted by Gasteiger charge is -2.10. The van der Waals surface area contributed by atoms with Crippen LogP contribution in [0.2, 0.25) is 0 Å². The standard InChI is InChI=1S/C10H12BrNO/c11-8-3-1-2-7(4-8)10-5-9(13)6-12-10/h1-4,9-10,12-13H,5-6H2/t9-,10-/m1/s1. The summed E-state index contributed by atoms with van der Waals surface area (Å²) < 4.78 is 1.09. The lowest BCUT2D eigenvalue weighted by Crippen LogP contribution is -2.14. The number of aliphatic hydroxyl groups excluding tert-OH is 1. The van der Waals surface area contributed by atoms with Gasteiger partial charge in [0.1, 0.15) is 0 Å². The largest absolute Gasteiger partial charge is 0.392 e. The van der Waals surface area contributed by atoms with Crippen molar-refractivity contribution in [1.82, 2.24) is 5.32 Å². The Morgan fingerprint density at radius 2 is 2.31 bits per heavy atom. The van der Waals surface area contributed by atoms with Crippen LogP contribution in [0.3, 0.4) is 0 Å². The number of halogens is 1. The average Bonchev–Trinajstić information content (AvgIpc) is 2.52. The Labute approximate surface area is 86.1 Å². The van der Waals surface area contributed by atoms with Gasteiger partial charge < -0.3 is 10.4 Å². The van der Waals surface area contributed by atoms with E-state index in [1.54, 1.807) is 0 Å². The Hall–Kier alpha value is -0.380. The van der Waals surface area contributed by atoms with E-state index in [1.807, 2.05) is 12.1 Å². The summed E-state index contributed by atoms with van der Waals surface area (Å²) >= 11 is 3.43. The first kappa shape index (κ1) is 9.19. The van der Waals surface area contributed by atoms with Crippen LogP contribution in [0.4, 0.5) is 0 Å². The van der Waals surface area contributed by atoms with Gasteiger partial charge in [-0.05, 0) is 24.1 Å². The van der Waals surface area contributed by atoms with E-state index >= 15 is 0 Å².